The minimum atomic E-state index is -1.14. The smallest absolute Gasteiger partial charge is 0.183 e. The third kappa shape index (κ3) is 2.91. The number of aromatic nitrogens is 5. The standard InChI is InChI=1S/C14H13N5O2S/c1-9(14(20)21)22-13-11-12(15-8-16-13)19(18-17-11)7-10-5-3-2-4-6-10/h2-6,8-9H,7H2,1H3,(H,20,21)/p-1/t9-/m1/s1. The minimum absolute atomic E-state index is 0.487. The van der Waals surface area contributed by atoms with Crippen LogP contribution in [0.15, 0.2) is 41.7 Å². The van der Waals surface area contributed by atoms with Gasteiger partial charge in [0.1, 0.15) is 11.4 Å². The lowest BCUT2D eigenvalue weighted by atomic mass is 10.2. The Morgan fingerprint density at radius 1 is 1.32 bits per heavy atom. The highest BCUT2D eigenvalue weighted by Crippen LogP contribution is 2.26. The largest absolute Gasteiger partial charge is 0.549 e. The van der Waals surface area contributed by atoms with Crippen LogP contribution in [0, 0.1) is 0 Å². The summed E-state index contributed by atoms with van der Waals surface area (Å²) in [5.41, 5.74) is 2.15. The molecule has 1 aromatic carbocycles. The number of carboxylic acids is 1. The molecule has 0 amide bonds. The molecule has 2 heterocycles. The lowest BCUT2D eigenvalue weighted by molar-refractivity contribution is -0.304. The number of rotatable bonds is 5. The highest BCUT2D eigenvalue weighted by Gasteiger charge is 2.15. The van der Waals surface area contributed by atoms with E-state index in [0.717, 1.165) is 17.3 Å². The van der Waals surface area contributed by atoms with Crippen molar-refractivity contribution in [2.45, 2.75) is 23.7 Å². The number of carboxylic acid groups (broad SMARTS) is 1. The predicted molar refractivity (Wildman–Crippen MR) is 79.0 cm³/mol. The first kappa shape index (κ1) is 14.5. The van der Waals surface area contributed by atoms with Gasteiger partial charge >= 0.3 is 0 Å². The summed E-state index contributed by atoms with van der Waals surface area (Å²) >= 11 is 1.07. The Bertz CT molecular complexity index is 805. The van der Waals surface area contributed by atoms with Gasteiger partial charge < -0.3 is 9.90 Å². The number of nitrogens with zero attached hydrogens (tertiary/aromatic N) is 5. The number of hydrogen-bond acceptors (Lipinski definition) is 7. The summed E-state index contributed by atoms with van der Waals surface area (Å²) in [6.07, 6.45) is 1.39. The molecule has 0 N–H and O–H groups in total. The first-order valence-corrected chi connectivity index (χ1v) is 7.49. The molecule has 3 rings (SSSR count). The Labute approximate surface area is 130 Å². The fraction of sp³-hybridized carbons (Fsp3) is 0.214. The number of aliphatic carboxylic acids is 1. The molecule has 2 aromatic heterocycles. The van der Waals surface area contributed by atoms with Crippen LogP contribution in [-0.4, -0.2) is 36.2 Å². The van der Waals surface area contributed by atoms with Gasteiger partial charge in [0.2, 0.25) is 0 Å². The van der Waals surface area contributed by atoms with Crippen LogP contribution in [0.2, 0.25) is 0 Å². The van der Waals surface area contributed by atoms with Crippen LogP contribution in [0.3, 0.4) is 0 Å². The Kier molecular flexibility index (Phi) is 4.01. The molecule has 112 valence electrons. The van der Waals surface area contributed by atoms with Gasteiger partial charge in [-0.1, -0.05) is 47.3 Å². The summed E-state index contributed by atoms with van der Waals surface area (Å²) in [7, 11) is 0. The maximum atomic E-state index is 10.9. The summed E-state index contributed by atoms with van der Waals surface area (Å²) in [4.78, 5) is 19.2. The molecule has 1 atom stereocenters. The van der Waals surface area contributed by atoms with Crippen LogP contribution < -0.4 is 5.11 Å². The average Bonchev–Trinajstić information content (AvgIpc) is 2.92. The van der Waals surface area contributed by atoms with Gasteiger partial charge in [-0.25, -0.2) is 14.6 Å². The number of fused-ring (bicyclic) bond motifs is 1. The second-order valence-electron chi connectivity index (χ2n) is 4.66. The van der Waals surface area contributed by atoms with E-state index in [1.54, 1.807) is 11.6 Å². The van der Waals surface area contributed by atoms with E-state index in [9.17, 15) is 9.90 Å². The fourth-order valence-electron chi connectivity index (χ4n) is 1.94. The van der Waals surface area contributed by atoms with Crippen LogP contribution in [0.4, 0.5) is 0 Å². The van der Waals surface area contributed by atoms with E-state index in [1.165, 1.54) is 6.33 Å². The molecule has 0 saturated carbocycles. The number of hydrogen-bond donors (Lipinski definition) is 0. The monoisotopic (exact) mass is 314 g/mol. The van der Waals surface area contributed by atoms with Crippen molar-refractivity contribution in [1.82, 2.24) is 25.0 Å². The topological polar surface area (TPSA) is 96.6 Å². The van der Waals surface area contributed by atoms with Gasteiger partial charge in [-0.15, -0.1) is 5.10 Å². The molecule has 0 radical (unpaired) electrons. The molecule has 0 spiro atoms. The summed E-state index contributed by atoms with van der Waals surface area (Å²) in [6.45, 7) is 2.08. The van der Waals surface area contributed by atoms with Gasteiger partial charge in [0.25, 0.3) is 0 Å². The zero-order valence-electron chi connectivity index (χ0n) is 11.7. The van der Waals surface area contributed by atoms with Crippen molar-refractivity contribution >= 4 is 28.9 Å². The second kappa shape index (κ2) is 6.10. The van der Waals surface area contributed by atoms with Crippen molar-refractivity contribution in [3.63, 3.8) is 0 Å². The van der Waals surface area contributed by atoms with Crippen LogP contribution in [-0.2, 0) is 11.3 Å². The molecule has 0 aliphatic carbocycles. The van der Waals surface area contributed by atoms with Gasteiger partial charge in [0.05, 0.1) is 12.5 Å². The maximum Gasteiger partial charge on any atom is 0.183 e. The molecule has 3 aromatic rings. The van der Waals surface area contributed by atoms with Gasteiger partial charge in [-0.2, -0.15) is 0 Å². The minimum Gasteiger partial charge on any atom is -0.549 e. The van der Waals surface area contributed by atoms with E-state index in [-0.39, 0.29) is 0 Å². The van der Waals surface area contributed by atoms with Crippen molar-refractivity contribution in [3.8, 4) is 0 Å². The fourth-order valence-corrected chi connectivity index (χ4v) is 2.72. The predicted octanol–water partition coefficient (Wildman–Crippen LogP) is 0.500. The SMILES string of the molecule is C[C@@H](Sc1ncnc2c1nnn2Cc1ccccc1)C(=O)[O-]. The van der Waals surface area contributed by atoms with Gasteiger partial charge in [0.15, 0.2) is 11.2 Å². The normalized spacial score (nSPS) is 12.4. The number of thioether (sulfide) groups is 1. The Morgan fingerprint density at radius 2 is 2.09 bits per heavy atom. The van der Waals surface area contributed by atoms with E-state index in [2.05, 4.69) is 20.3 Å². The Morgan fingerprint density at radius 3 is 2.82 bits per heavy atom. The van der Waals surface area contributed by atoms with Crippen LogP contribution >= 0.6 is 11.8 Å². The highest BCUT2D eigenvalue weighted by molar-refractivity contribution is 8.00. The summed E-state index contributed by atoms with van der Waals surface area (Å²) in [6, 6.07) is 9.82. The van der Waals surface area contributed by atoms with Crippen molar-refractivity contribution < 1.29 is 9.90 Å². The highest BCUT2D eigenvalue weighted by atomic mass is 32.2. The molecule has 0 aliphatic heterocycles. The molecular weight excluding hydrogens is 302 g/mol. The molecule has 0 saturated heterocycles. The quantitative estimate of drug-likeness (QED) is 0.499. The van der Waals surface area contributed by atoms with Crippen molar-refractivity contribution in [2.24, 2.45) is 0 Å². The molecule has 0 bridgehead atoms. The van der Waals surface area contributed by atoms with E-state index >= 15 is 0 Å². The number of carbonyl (C=O) groups is 1. The molecule has 8 heteroatoms. The number of carbonyl (C=O) groups excluding carboxylic acids is 1. The molecule has 0 aliphatic rings. The third-order valence-corrected chi connectivity index (χ3v) is 4.13. The summed E-state index contributed by atoms with van der Waals surface area (Å²) in [5, 5.41) is 18.8. The van der Waals surface area contributed by atoms with Gasteiger partial charge in [0, 0.05) is 5.25 Å². The molecule has 0 unspecified atom stereocenters. The number of benzene rings is 1. The first-order chi connectivity index (χ1) is 10.6. The zero-order valence-corrected chi connectivity index (χ0v) is 12.5. The van der Waals surface area contributed by atoms with E-state index in [1.807, 2.05) is 30.3 Å². The Balaban J connectivity index is 1.93. The summed E-state index contributed by atoms with van der Waals surface area (Å²) < 4.78 is 1.67. The van der Waals surface area contributed by atoms with E-state index in [4.69, 9.17) is 0 Å². The lowest BCUT2D eigenvalue weighted by Gasteiger charge is -2.10. The average molecular weight is 314 g/mol. The van der Waals surface area contributed by atoms with Gasteiger partial charge in [-0.05, 0) is 12.5 Å². The Hall–Kier alpha value is -2.48. The van der Waals surface area contributed by atoms with Crippen molar-refractivity contribution in [2.75, 3.05) is 0 Å². The second-order valence-corrected chi connectivity index (χ2v) is 5.99. The molecule has 22 heavy (non-hydrogen) atoms. The third-order valence-electron chi connectivity index (χ3n) is 3.06. The van der Waals surface area contributed by atoms with Crippen LogP contribution in [0.1, 0.15) is 12.5 Å². The molecular formula is C14H12N5O2S-. The van der Waals surface area contributed by atoms with Crippen LogP contribution in [0.5, 0.6) is 0 Å². The van der Waals surface area contributed by atoms with E-state index in [0.29, 0.717) is 22.7 Å². The van der Waals surface area contributed by atoms with Crippen molar-refractivity contribution in [1.29, 1.82) is 0 Å². The maximum absolute atomic E-state index is 10.9. The zero-order chi connectivity index (χ0) is 15.5. The lowest BCUT2D eigenvalue weighted by Crippen LogP contribution is -2.31. The summed E-state index contributed by atoms with van der Waals surface area (Å²) in [5.74, 6) is -1.14. The van der Waals surface area contributed by atoms with Gasteiger partial charge in [-0.3, -0.25) is 0 Å². The first-order valence-electron chi connectivity index (χ1n) is 6.61. The molecule has 0 fully saturated rings. The molecule has 7 nitrogen and oxygen atoms in total. The van der Waals surface area contributed by atoms with E-state index < -0.39 is 11.2 Å². The van der Waals surface area contributed by atoms with Crippen LogP contribution in [0.25, 0.3) is 11.2 Å². The van der Waals surface area contributed by atoms with Crippen molar-refractivity contribution in [3.05, 3.63) is 42.2 Å².